The average molecular weight is 339 g/mol. The minimum absolute atomic E-state index is 0.0184. The van der Waals surface area contributed by atoms with Gasteiger partial charge in [-0.15, -0.1) is 0 Å². The number of carbonyl (C=O) groups is 1. The lowest BCUT2D eigenvalue weighted by molar-refractivity contribution is -0.108. The maximum atomic E-state index is 13.2. The molecule has 0 saturated heterocycles. The summed E-state index contributed by atoms with van der Waals surface area (Å²) in [5, 5.41) is 0.875. The Morgan fingerprint density at radius 1 is 1.08 bits per heavy atom. The van der Waals surface area contributed by atoms with Crippen LogP contribution in [0.1, 0.15) is 23.6 Å². The highest BCUT2D eigenvalue weighted by atomic mass is 32.2. The first kappa shape index (κ1) is 15.1. The standard InChI is InChI=1S/C19H17NO3S/c1-13-6-8-16(9-7-13)24(22,23)20-18-5-3-2-4-14(18)11-19(20)17-10-15(17)12-21/h2-9,11-12,15,17H,10H2,1H3/t15-,17-/m1/s1. The van der Waals surface area contributed by atoms with Crippen LogP contribution in [-0.2, 0) is 14.8 Å². The minimum atomic E-state index is -3.71. The summed E-state index contributed by atoms with van der Waals surface area (Å²) in [6, 6.07) is 16.2. The molecule has 2 atom stereocenters. The van der Waals surface area contributed by atoms with Crippen LogP contribution < -0.4 is 0 Å². The van der Waals surface area contributed by atoms with Crippen LogP contribution in [0.25, 0.3) is 10.9 Å². The Kier molecular flexibility index (Phi) is 3.35. The summed E-state index contributed by atoms with van der Waals surface area (Å²) < 4.78 is 27.9. The van der Waals surface area contributed by atoms with Crippen molar-refractivity contribution in [2.45, 2.75) is 24.2 Å². The van der Waals surface area contributed by atoms with Crippen LogP contribution in [0.3, 0.4) is 0 Å². The topological polar surface area (TPSA) is 56.1 Å². The van der Waals surface area contributed by atoms with E-state index in [1.807, 2.05) is 37.3 Å². The largest absolute Gasteiger partial charge is 0.303 e. The molecule has 0 aliphatic heterocycles. The molecule has 1 aliphatic carbocycles. The van der Waals surface area contributed by atoms with Crippen LogP contribution in [0.5, 0.6) is 0 Å². The Hall–Kier alpha value is -2.40. The van der Waals surface area contributed by atoms with E-state index < -0.39 is 10.0 Å². The minimum Gasteiger partial charge on any atom is -0.303 e. The highest BCUT2D eigenvalue weighted by molar-refractivity contribution is 7.90. The molecular weight excluding hydrogens is 322 g/mol. The number of hydrogen-bond acceptors (Lipinski definition) is 3. The molecule has 0 radical (unpaired) electrons. The van der Waals surface area contributed by atoms with Crippen LogP contribution in [0.15, 0.2) is 59.5 Å². The molecule has 0 unspecified atom stereocenters. The fourth-order valence-corrected chi connectivity index (χ4v) is 4.78. The maximum Gasteiger partial charge on any atom is 0.268 e. The van der Waals surface area contributed by atoms with E-state index in [0.29, 0.717) is 17.6 Å². The van der Waals surface area contributed by atoms with Gasteiger partial charge in [0.25, 0.3) is 10.0 Å². The number of nitrogens with zero attached hydrogens (tertiary/aromatic N) is 1. The van der Waals surface area contributed by atoms with Crippen molar-refractivity contribution >= 4 is 27.2 Å². The summed E-state index contributed by atoms with van der Waals surface area (Å²) in [4.78, 5) is 11.3. The van der Waals surface area contributed by atoms with E-state index in [9.17, 15) is 13.2 Å². The second kappa shape index (κ2) is 5.31. The summed E-state index contributed by atoms with van der Waals surface area (Å²) in [5.41, 5.74) is 2.37. The van der Waals surface area contributed by atoms with Crippen molar-refractivity contribution in [2.75, 3.05) is 0 Å². The van der Waals surface area contributed by atoms with E-state index in [1.165, 1.54) is 3.97 Å². The van der Waals surface area contributed by atoms with E-state index >= 15 is 0 Å². The average Bonchev–Trinajstić information content (AvgIpc) is 3.26. The predicted octanol–water partition coefficient (Wildman–Crippen LogP) is 3.49. The van der Waals surface area contributed by atoms with Gasteiger partial charge in [0.05, 0.1) is 10.4 Å². The number of aldehydes is 1. The third kappa shape index (κ3) is 2.27. The molecule has 1 aliphatic rings. The van der Waals surface area contributed by atoms with Crippen molar-refractivity contribution in [3.05, 3.63) is 65.9 Å². The molecular formula is C19H17NO3S. The van der Waals surface area contributed by atoms with Gasteiger partial charge in [-0.25, -0.2) is 12.4 Å². The molecule has 0 amide bonds. The normalized spacial score (nSPS) is 20.2. The highest BCUT2D eigenvalue weighted by Crippen LogP contribution is 2.48. The molecule has 5 heteroatoms. The monoisotopic (exact) mass is 339 g/mol. The summed E-state index contributed by atoms with van der Waals surface area (Å²) in [6.45, 7) is 1.92. The van der Waals surface area contributed by atoms with Crippen molar-refractivity contribution in [1.82, 2.24) is 3.97 Å². The summed E-state index contributed by atoms with van der Waals surface area (Å²) in [5.74, 6) is -0.101. The molecule has 2 aromatic carbocycles. The van der Waals surface area contributed by atoms with Crippen LogP contribution in [0, 0.1) is 12.8 Å². The lowest BCUT2D eigenvalue weighted by Crippen LogP contribution is -2.15. The fourth-order valence-electron chi connectivity index (χ4n) is 3.20. The van der Waals surface area contributed by atoms with Gasteiger partial charge in [0.15, 0.2) is 0 Å². The molecule has 1 fully saturated rings. The first-order valence-electron chi connectivity index (χ1n) is 7.90. The number of aromatic nitrogens is 1. The van der Waals surface area contributed by atoms with Gasteiger partial charge in [0, 0.05) is 22.9 Å². The molecule has 0 spiro atoms. The Morgan fingerprint density at radius 2 is 1.79 bits per heavy atom. The van der Waals surface area contributed by atoms with E-state index in [1.54, 1.807) is 24.3 Å². The quantitative estimate of drug-likeness (QED) is 0.684. The molecule has 4 nitrogen and oxygen atoms in total. The van der Waals surface area contributed by atoms with Gasteiger partial charge in [-0.1, -0.05) is 35.9 Å². The van der Waals surface area contributed by atoms with Gasteiger partial charge < -0.3 is 4.79 Å². The summed E-state index contributed by atoms with van der Waals surface area (Å²) in [7, 11) is -3.71. The second-order valence-electron chi connectivity index (χ2n) is 6.35. The Morgan fingerprint density at radius 3 is 2.46 bits per heavy atom. The fraction of sp³-hybridized carbons (Fsp3) is 0.211. The van der Waals surface area contributed by atoms with Crippen LogP contribution in [0.4, 0.5) is 0 Å². The SMILES string of the molecule is Cc1ccc(S(=O)(=O)n2c([C@@H]3C[C@@H]3C=O)cc3ccccc32)cc1. The Labute approximate surface area is 140 Å². The third-order valence-corrected chi connectivity index (χ3v) is 6.40. The zero-order chi connectivity index (χ0) is 16.9. The zero-order valence-corrected chi connectivity index (χ0v) is 14.0. The lowest BCUT2D eigenvalue weighted by Gasteiger charge is -2.12. The molecule has 0 N–H and O–H groups in total. The van der Waals surface area contributed by atoms with E-state index in [-0.39, 0.29) is 16.7 Å². The molecule has 24 heavy (non-hydrogen) atoms. The summed E-state index contributed by atoms with van der Waals surface area (Å²) >= 11 is 0. The first-order chi connectivity index (χ1) is 11.5. The number of hydrogen-bond donors (Lipinski definition) is 0. The molecule has 0 bridgehead atoms. The Bertz CT molecular complexity index is 1030. The predicted molar refractivity (Wildman–Crippen MR) is 92.6 cm³/mol. The van der Waals surface area contributed by atoms with E-state index in [2.05, 4.69) is 0 Å². The Balaban J connectivity index is 1.96. The number of aryl methyl sites for hydroxylation is 1. The van der Waals surface area contributed by atoms with Crippen molar-refractivity contribution in [3.63, 3.8) is 0 Å². The lowest BCUT2D eigenvalue weighted by atomic mass is 10.2. The van der Waals surface area contributed by atoms with Gasteiger partial charge in [0.1, 0.15) is 6.29 Å². The van der Waals surface area contributed by atoms with Crippen molar-refractivity contribution in [3.8, 4) is 0 Å². The van der Waals surface area contributed by atoms with Gasteiger partial charge in [-0.3, -0.25) is 0 Å². The molecule has 4 rings (SSSR count). The molecule has 3 aromatic rings. The molecule has 1 heterocycles. The van der Waals surface area contributed by atoms with Crippen LogP contribution in [0.2, 0.25) is 0 Å². The van der Waals surface area contributed by atoms with E-state index in [0.717, 1.165) is 17.2 Å². The molecule has 1 aromatic heterocycles. The van der Waals surface area contributed by atoms with Gasteiger partial charge in [-0.2, -0.15) is 0 Å². The number of benzene rings is 2. The van der Waals surface area contributed by atoms with Gasteiger partial charge in [-0.05, 0) is 37.6 Å². The van der Waals surface area contributed by atoms with E-state index in [4.69, 9.17) is 0 Å². The second-order valence-corrected chi connectivity index (χ2v) is 8.14. The van der Waals surface area contributed by atoms with Crippen molar-refractivity contribution in [1.29, 1.82) is 0 Å². The van der Waals surface area contributed by atoms with Gasteiger partial charge >= 0.3 is 0 Å². The van der Waals surface area contributed by atoms with Crippen molar-refractivity contribution in [2.24, 2.45) is 5.92 Å². The number of carbonyl (C=O) groups excluding carboxylic acids is 1. The maximum absolute atomic E-state index is 13.2. The molecule has 1 saturated carbocycles. The number of para-hydroxylation sites is 1. The van der Waals surface area contributed by atoms with Crippen LogP contribution in [-0.4, -0.2) is 18.7 Å². The van der Waals surface area contributed by atoms with Crippen LogP contribution >= 0.6 is 0 Å². The van der Waals surface area contributed by atoms with Crippen molar-refractivity contribution < 1.29 is 13.2 Å². The highest BCUT2D eigenvalue weighted by Gasteiger charge is 2.42. The molecule has 122 valence electrons. The van der Waals surface area contributed by atoms with Gasteiger partial charge in [0.2, 0.25) is 0 Å². The smallest absolute Gasteiger partial charge is 0.268 e. The first-order valence-corrected chi connectivity index (χ1v) is 9.34. The zero-order valence-electron chi connectivity index (χ0n) is 13.2. The third-order valence-electron chi connectivity index (χ3n) is 4.65. The number of fused-ring (bicyclic) bond motifs is 1. The summed E-state index contributed by atoms with van der Waals surface area (Å²) in [6.07, 6.45) is 1.63. The number of rotatable bonds is 4.